The lowest BCUT2D eigenvalue weighted by atomic mass is 10.2. The second kappa shape index (κ2) is 6.58. The zero-order chi connectivity index (χ0) is 15.5. The second-order valence-corrected chi connectivity index (χ2v) is 6.18. The van der Waals surface area contributed by atoms with Crippen LogP contribution < -0.4 is 4.90 Å². The number of aromatic nitrogens is 3. The van der Waals surface area contributed by atoms with Crippen LogP contribution in [-0.4, -0.2) is 46.0 Å². The molecule has 0 bridgehead atoms. The summed E-state index contributed by atoms with van der Waals surface area (Å²) in [7, 11) is 2.11. The standard InChI is InChI=1S/C16H20ClN5/c1-12-7-16(20-11-19-12)21(2)14-5-6-22(10-14)9-13-3-4-15(17)18-8-13/h3-4,7-8,11,14H,5-6,9-10H2,1-2H3. The van der Waals surface area contributed by atoms with Crippen molar-refractivity contribution in [1.82, 2.24) is 19.9 Å². The van der Waals surface area contributed by atoms with E-state index < -0.39 is 0 Å². The second-order valence-electron chi connectivity index (χ2n) is 5.80. The molecule has 5 nitrogen and oxygen atoms in total. The van der Waals surface area contributed by atoms with Crippen LogP contribution in [0.4, 0.5) is 5.82 Å². The first-order valence-electron chi connectivity index (χ1n) is 7.46. The van der Waals surface area contributed by atoms with Gasteiger partial charge in [0, 0.05) is 50.7 Å². The summed E-state index contributed by atoms with van der Waals surface area (Å²) in [5.74, 6) is 0.993. The van der Waals surface area contributed by atoms with Crippen molar-refractivity contribution in [1.29, 1.82) is 0 Å². The van der Waals surface area contributed by atoms with E-state index in [1.165, 1.54) is 5.56 Å². The Hall–Kier alpha value is -1.72. The summed E-state index contributed by atoms with van der Waals surface area (Å²) < 4.78 is 0. The molecule has 0 radical (unpaired) electrons. The number of anilines is 1. The average molecular weight is 318 g/mol. The monoisotopic (exact) mass is 317 g/mol. The summed E-state index contributed by atoms with van der Waals surface area (Å²) in [6.07, 6.45) is 4.63. The van der Waals surface area contributed by atoms with Crippen molar-refractivity contribution >= 4 is 17.4 Å². The Labute approximate surface area is 136 Å². The van der Waals surface area contributed by atoms with E-state index in [0.29, 0.717) is 11.2 Å². The summed E-state index contributed by atoms with van der Waals surface area (Å²) in [6, 6.07) is 6.40. The van der Waals surface area contributed by atoms with Crippen LogP contribution in [0.15, 0.2) is 30.7 Å². The maximum Gasteiger partial charge on any atom is 0.132 e. The lowest BCUT2D eigenvalue weighted by molar-refractivity contribution is 0.325. The van der Waals surface area contributed by atoms with Crippen molar-refractivity contribution in [2.24, 2.45) is 0 Å². The van der Waals surface area contributed by atoms with Gasteiger partial charge in [-0.05, 0) is 25.0 Å². The maximum atomic E-state index is 5.83. The Morgan fingerprint density at radius 2 is 2.18 bits per heavy atom. The lowest BCUT2D eigenvalue weighted by Gasteiger charge is -2.26. The van der Waals surface area contributed by atoms with Gasteiger partial charge >= 0.3 is 0 Å². The first-order valence-corrected chi connectivity index (χ1v) is 7.84. The number of pyridine rings is 1. The number of hydrogen-bond acceptors (Lipinski definition) is 5. The highest BCUT2D eigenvalue weighted by molar-refractivity contribution is 6.29. The van der Waals surface area contributed by atoms with E-state index in [4.69, 9.17) is 11.6 Å². The molecule has 2 aromatic heterocycles. The van der Waals surface area contributed by atoms with Crippen LogP contribution in [-0.2, 0) is 6.54 Å². The van der Waals surface area contributed by atoms with Crippen molar-refractivity contribution < 1.29 is 0 Å². The van der Waals surface area contributed by atoms with Crippen molar-refractivity contribution in [3.63, 3.8) is 0 Å². The first kappa shape index (κ1) is 15.2. The fourth-order valence-corrected chi connectivity index (χ4v) is 2.96. The third kappa shape index (κ3) is 3.54. The van der Waals surface area contributed by atoms with E-state index >= 15 is 0 Å². The molecule has 0 N–H and O–H groups in total. The Balaban J connectivity index is 1.61. The molecule has 0 amide bonds. The minimum Gasteiger partial charge on any atom is -0.355 e. The Morgan fingerprint density at radius 1 is 1.32 bits per heavy atom. The van der Waals surface area contributed by atoms with Gasteiger partial charge in [0.25, 0.3) is 0 Å². The highest BCUT2D eigenvalue weighted by Crippen LogP contribution is 2.21. The number of halogens is 1. The summed E-state index contributed by atoms with van der Waals surface area (Å²) in [5.41, 5.74) is 2.20. The molecule has 1 atom stereocenters. The number of rotatable bonds is 4. The highest BCUT2D eigenvalue weighted by atomic mass is 35.5. The predicted molar refractivity (Wildman–Crippen MR) is 88.1 cm³/mol. The van der Waals surface area contributed by atoms with Gasteiger partial charge in [0.1, 0.15) is 17.3 Å². The smallest absolute Gasteiger partial charge is 0.132 e. The molecule has 116 valence electrons. The molecule has 22 heavy (non-hydrogen) atoms. The Kier molecular flexibility index (Phi) is 4.55. The molecule has 6 heteroatoms. The van der Waals surface area contributed by atoms with E-state index in [2.05, 4.69) is 31.8 Å². The number of aryl methyl sites for hydroxylation is 1. The van der Waals surface area contributed by atoms with Gasteiger partial charge in [0.2, 0.25) is 0 Å². The van der Waals surface area contributed by atoms with Crippen molar-refractivity contribution in [3.8, 4) is 0 Å². The van der Waals surface area contributed by atoms with Crippen LogP contribution >= 0.6 is 11.6 Å². The molecule has 1 unspecified atom stereocenters. The summed E-state index contributed by atoms with van der Waals surface area (Å²) in [5, 5.41) is 0.543. The minimum absolute atomic E-state index is 0.481. The van der Waals surface area contributed by atoms with Gasteiger partial charge in [-0.1, -0.05) is 17.7 Å². The molecule has 0 saturated carbocycles. The molecule has 0 aliphatic carbocycles. The molecular formula is C16H20ClN5. The van der Waals surface area contributed by atoms with Gasteiger partial charge in [-0.25, -0.2) is 15.0 Å². The van der Waals surface area contributed by atoms with Crippen LogP contribution in [0.3, 0.4) is 0 Å². The average Bonchev–Trinajstić information content (AvgIpc) is 2.97. The Bertz CT molecular complexity index is 631. The fraction of sp³-hybridized carbons (Fsp3) is 0.438. The number of hydrogen-bond donors (Lipinski definition) is 0. The van der Waals surface area contributed by atoms with Gasteiger partial charge in [0.15, 0.2) is 0 Å². The largest absolute Gasteiger partial charge is 0.355 e. The van der Waals surface area contributed by atoms with Gasteiger partial charge in [-0.2, -0.15) is 0 Å². The van der Waals surface area contributed by atoms with Crippen LogP contribution in [0.2, 0.25) is 5.15 Å². The maximum absolute atomic E-state index is 5.83. The van der Waals surface area contributed by atoms with Crippen molar-refractivity contribution in [2.75, 3.05) is 25.0 Å². The van der Waals surface area contributed by atoms with E-state index in [9.17, 15) is 0 Å². The summed E-state index contributed by atoms with van der Waals surface area (Å²) in [6.45, 7) is 5.02. The van der Waals surface area contributed by atoms with Crippen molar-refractivity contribution in [2.45, 2.75) is 25.9 Å². The Morgan fingerprint density at radius 3 is 2.91 bits per heavy atom. The van der Waals surface area contributed by atoms with Gasteiger partial charge in [-0.15, -0.1) is 0 Å². The molecule has 3 rings (SSSR count). The fourth-order valence-electron chi connectivity index (χ4n) is 2.85. The van der Waals surface area contributed by atoms with Gasteiger partial charge < -0.3 is 4.90 Å². The number of nitrogens with zero attached hydrogens (tertiary/aromatic N) is 5. The SMILES string of the molecule is Cc1cc(N(C)C2CCN(Cc3ccc(Cl)nc3)C2)ncn1. The van der Waals surface area contributed by atoms with E-state index in [1.54, 1.807) is 6.33 Å². The number of likely N-dealkylation sites (tertiary alicyclic amines) is 1. The highest BCUT2D eigenvalue weighted by Gasteiger charge is 2.26. The molecular weight excluding hydrogens is 298 g/mol. The van der Waals surface area contributed by atoms with Crippen molar-refractivity contribution in [3.05, 3.63) is 47.1 Å². The predicted octanol–water partition coefficient (Wildman–Crippen LogP) is 2.54. The summed E-state index contributed by atoms with van der Waals surface area (Å²) >= 11 is 5.83. The van der Waals surface area contributed by atoms with E-state index in [1.807, 2.05) is 31.3 Å². The molecule has 1 aliphatic rings. The molecule has 2 aromatic rings. The zero-order valence-electron chi connectivity index (χ0n) is 12.9. The number of likely N-dealkylation sites (N-methyl/N-ethyl adjacent to an activating group) is 1. The van der Waals surface area contributed by atoms with Gasteiger partial charge in [0.05, 0.1) is 0 Å². The topological polar surface area (TPSA) is 45.2 Å². The van der Waals surface area contributed by atoms with Crippen LogP contribution in [0.25, 0.3) is 0 Å². The zero-order valence-corrected chi connectivity index (χ0v) is 13.7. The molecule has 3 heterocycles. The third-order valence-corrected chi connectivity index (χ3v) is 4.36. The quantitative estimate of drug-likeness (QED) is 0.811. The van der Waals surface area contributed by atoms with Crippen LogP contribution in [0, 0.1) is 6.92 Å². The molecule has 0 aromatic carbocycles. The lowest BCUT2D eigenvalue weighted by Crippen LogP contribution is -2.35. The van der Waals surface area contributed by atoms with Crippen LogP contribution in [0.1, 0.15) is 17.7 Å². The van der Waals surface area contributed by atoms with E-state index in [-0.39, 0.29) is 0 Å². The normalized spacial score (nSPS) is 18.6. The molecule has 0 spiro atoms. The molecule has 1 aliphatic heterocycles. The minimum atomic E-state index is 0.481. The van der Waals surface area contributed by atoms with Crippen LogP contribution in [0.5, 0.6) is 0 Å². The van der Waals surface area contributed by atoms with Gasteiger partial charge in [-0.3, -0.25) is 4.90 Å². The first-order chi connectivity index (χ1) is 10.6. The summed E-state index contributed by atoms with van der Waals surface area (Å²) in [4.78, 5) is 17.4. The third-order valence-electron chi connectivity index (χ3n) is 4.14. The van der Waals surface area contributed by atoms with E-state index in [0.717, 1.165) is 37.6 Å². The molecule has 1 fully saturated rings. The molecule has 1 saturated heterocycles.